The van der Waals surface area contributed by atoms with Crippen molar-refractivity contribution in [3.05, 3.63) is 48.1 Å². The fourth-order valence-corrected chi connectivity index (χ4v) is 2.80. The molecule has 0 aliphatic heterocycles. The van der Waals surface area contributed by atoms with Crippen LogP contribution in [0.3, 0.4) is 0 Å². The van der Waals surface area contributed by atoms with Crippen LogP contribution in [0.5, 0.6) is 6.01 Å². The van der Waals surface area contributed by atoms with E-state index in [1.54, 1.807) is 18.2 Å². The van der Waals surface area contributed by atoms with Gasteiger partial charge >= 0.3 is 17.4 Å². The average molecular weight is 391 g/mol. The number of aromatic nitrogens is 3. The molecular formula is C11H9Br2N3O3. The molecule has 0 N–H and O–H groups in total. The van der Waals surface area contributed by atoms with Crippen molar-refractivity contribution in [2.45, 2.75) is 0 Å². The summed E-state index contributed by atoms with van der Waals surface area (Å²) in [5.41, 5.74) is -0.799. The Labute approximate surface area is 124 Å². The molecule has 0 radical (unpaired) electrons. The van der Waals surface area contributed by atoms with Crippen LogP contribution in [0.2, 0.25) is 0 Å². The molecule has 6 nitrogen and oxygen atoms in total. The molecule has 0 spiro atoms. The van der Waals surface area contributed by atoms with E-state index in [0.717, 1.165) is 13.6 Å². The Morgan fingerprint density at radius 1 is 1.26 bits per heavy atom. The van der Waals surface area contributed by atoms with Crippen LogP contribution in [-0.2, 0) is 7.05 Å². The highest BCUT2D eigenvalue weighted by Crippen LogP contribution is 2.23. The number of hydrogen-bond donors (Lipinski definition) is 0. The molecule has 100 valence electrons. The second-order valence-corrected chi connectivity index (χ2v) is 5.42. The number of halogens is 2. The van der Waals surface area contributed by atoms with Crippen molar-refractivity contribution in [2.24, 2.45) is 7.05 Å². The molecule has 0 aliphatic carbocycles. The maximum atomic E-state index is 12.2. The first-order valence-electron chi connectivity index (χ1n) is 5.15. The van der Waals surface area contributed by atoms with E-state index in [4.69, 9.17) is 4.74 Å². The lowest BCUT2D eigenvalue weighted by Gasteiger charge is -2.10. The second kappa shape index (κ2) is 5.30. The second-order valence-electron chi connectivity index (χ2n) is 3.65. The molecule has 0 amide bonds. The molecule has 0 fully saturated rings. The summed E-state index contributed by atoms with van der Waals surface area (Å²) >= 11 is 6.62. The highest BCUT2D eigenvalue weighted by molar-refractivity contribution is 9.11. The molecule has 0 saturated heterocycles. The predicted octanol–water partition coefficient (Wildman–Crippen LogP) is 1.46. The van der Waals surface area contributed by atoms with Crippen molar-refractivity contribution >= 4 is 31.9 Å². The van der Waals surface area contributed by atoms with Gasteiger partial charge in [-0.3, -0.25) is 0 Å². The third-order valence-electron chi connectivity index (χ3n) is 2.48. The molecule has 0 saturated carbocycles. The molecule has 1 aromatic heterocycles. The summed E-state index contributed by atoms with van der Waals surface area (Å²) in [5.74, 6) is 0. The Morgan fingerprint density at radius 2 is 1.95 bits per heavy atom. The summed E-state index contributed by atoms with van der Waals surface area (Å²) in [4.78, 5) is 27.8. The van der Waals surface area contributed by atoms with Crippen LogP contribution in [0, 0.1) is 0 Å². The van der Waals surface area contributed by atoms with E-state index in [1.807, 2.05) is 0 Å². The third-order valence-corrected chi connectivity index (χ3v) is 3.61. The van der Waals surface area contributed by atoms with Crippen LogP contribution >= 0.6 is 31.9 Å². The lowest BCUT2D eigenvalue weighted by molar-refractivity contribution is 0.347. The third kappa shape index (κ3) is 2.50. The molecule has 1 aromatic carbocycles. The highest BCUT2D eigenvalue weighted by atomic mass is 79.9. The number of benzene rings is 1. The maximum absolute atomic E-state index is 12.2. The van der Waals surface area contributed by atoms with Crippen LogP contribution in [0.1, 0.15) is 0 Å². The van der Waals surface area contributed by atoms with Crippen LogP contribution in [0.4, 0.5) is 0 Å². The first kappa shape index (κ1) is 14.0. The van der Waals surface area contributed by atoms with E-state index in [1.165, 1.54) is 14.2 Å². The van der Waals surface area contributed by atoms with Gasteiger partial charge in [-0.1, -0.05) is 15.9 Å². The van der Waals surface area contributed by atoms with Gasteiger partial charge in [-0.25, -0.2) is 18.7 Å². The monoisotopic (exact) mass is 389 g/mol. The van der Waals surface area contributed by atoms with Gasteiger partial charge in [0.25, 0.3) is 0 Å². The van der Waals surface area contributed by atoms with Crippen molar-refractivity contribution in [1.29, 1.82) is 0 Å². The SMILES string of the molecule is COc1nc(=O)n(-c2ccc(Br)cc2Br)c(=O)n1C. The fourth-order valence-electron chi connectivity index (χ4n) is 1.57. The zero-order valence-corrected chi connectivity index (χ0v) is 13.2. The van der Waals surface area contributed by atoms with Crippen LogP contribution in [-0.4, -0.2) is 21.2 Å². The number of methoxy groups -OCH3 is 1. The molecule has 0 unspecified atom stereocenters. The van der Waals surface area contributed by atoms with Crippen molar-refractivity contribution in [1.82, 2.24) is 14.1 Å². The van der Waals surface area contributed by atoms with Crippen molar-refractivity contribution < 1.29 is 4.74 Å². The number of ether oxygens (including phenoxy) is 1. The van der Waals surface area contributed by atoms with E-state index < -0.39 is 11.4 Å². The molecule has 2 aromatic rings. The summed E-state index contributed by atoms with van der Waals surface area (Å²) in [6.07, 6.45) is 0. The number of hydrogen-bond acceptors (Lipinski definition) is 4. The van der Waals surface area contributed by atoms with Gasteiger partial charge in [0, 0.05) is 16.0 Å². The van der Waals surface area contributed by atoms with Crippen LogP contribution < -0.4 is 16.1 Å². The Hall–Kier alpha value is -1.41. The van der Waals surface area contributed by atoms with Gasteiger partial charge in [-0.2, -0.15) is 0 Å². The van der Waals surface area contributed by atoms with Crippen LogP contribution in [0.25, 0.3) is 5.69 Å². The van der Waals surface area contributed by atoms with Gasteiger partial charge in [0.2, 0.25) is 0 Å². The summed E-state index contributed by atoms with van der Waals surface area (Å²) < 4.78 is 8.43. The van der Waals surface area contributed by atoms with E-state index in [2.05, 4.69) is 36.8 Å². The minimum atomic E-state index is -0.692. The first-order valence-corrected chi connectivity index (χ1v) is 6.74. The molecule has 2 rings (SSSR count). The van der Waals surface area contributed by atoms with Crippen molar-refractivity contribution in [3.8, 4) is 11.7 Å². The van der Waals surface area contributed by atoms with E-state index >= 15 is 0 Å². The summed E-state index contributed by atoms with van der Waals surface area (Å²) in [6, 6.07) is 5.09. The number of rotatable bonds is 2. The minimum Gasteiger partial charge on any atom is -0.468 e. The first-order chi connectivity index (χ1) is 8.95. The Morgan fingerprint density at radius 3 is 2.53 bits per heavy atom. The van der Waals surface area contributed by atoms with E-state index in [-0.39, 0.29) is 6.01 Å². The highest BCUT2D eigenvalue weighted by Gasteiger charge is 2.14. The predicted molar refractivity (Wildman–Crippen MR) is 77.0 cm³/mol. The largest absolute Gasteiger partial charge is 0.468 e. The Bertz CT molecular complexity index is 752. The summed E-state index contributed by atoms with van der Waals surface area (Å²) in [6.45, 7) is 0. The molecule has 0 atom stereocenters. The van der Waals surface area contributed by atoms with Gasteiger partial charge in [0.15, 0.2) is 0 Å². The lowest BCUT2D eigenvalue weighted by atomic mass is 10.3. The zero-order valence-electron chi connectivity index (χ0n) is 10.1. The van der Waals surface area contributed by atoms with Gasteiger partial charge in [-0.15, -0.1) is 4.98 Å². The van der Waals surface area contributed by atoms with Gasteiger partial charge in [-0.05, 0) is 34.1 Å². The summed E-state index contributed by atoms with van der Waals surface area (Å²) in [5, 5.41) is 0. The standard InChI is InChI=1S/C11H9Br2N3O3/c1-15-10(19-2)14-9(17)16(11(15)18)8-4-3-6(12)5-7(8)13/h3-5H,1-2H3. The maximum Gasteiger partial charge on any atom is 0.360 e. The van der Waals surface area contributed by atoms with Crippen molar-refractivity contribution in [3.63, 3.8) is 0 Å². The quantitative estimate of drug-likeness (QED) is 0.778. The molecule has 1 heterocycles. The van der Waals surface area contributed by atoms with Crippen molar-refractivity contribution in [2.75, 3.05) is 7.11 Å². The smallest absolute Gasteiger partial charge is 0.360 e. The average Bonchev–Trinajstić information content (AvgIpc) is 2.36. The van der Waals surface area contributed by atoms with E-state index in [9.17, 15) is 9.59 Å². The molecule has 8 heteroatoms. The summed E-state index contributed by atoms with van der Waals surface area (Å²) in [7, 11) is 2.83. The van der Waals surface area contributed by atoms with Gasteiger partial charge < -0.3 is 4.74 Å². The molecular weight excluding hydrogens is 382 g/mol. The minimum absolute atomic E-state index is 0.0283. The molecule has 0 bridgehead atoms. The normalized spacial score (nSPS) is 10.5. The van der Waals surface area contributed by atoms with Gasteiger partial charge in [0.1, 0.15) is 0 Å². The molecule has 0 aliphatic rings. The lowest BCUT2D eigenvalue weighted by Crippen LogP contribution is -2.40. The van der Waals surface area contributed by atoms with Crippen LogP contribution in [0.15, 0.2) is 36.7 Å². The topological polar surface area (TPSA) is 66.1 Å². The zero-order chi connectivity index (χ0) is 14.2. The Kier molecular flexibility index (Phi) is 3.91. The fraction of sp³-hybridized carbons (Fsp3) is 0.182. The molecule has 19 heavy (non-hydrogen) atoms. The number of nitrogens with zero attached hydrogens (tertiary/aromatic N) is 3. The Balaban J connectivity index is 2.80. The van der Waals surface area contributed by atoms with Gasteiger partial charge in [0.05, 0.1) is 12.8 Å². The van der Waals surface area contributed by atoms with E-state index in [0.29, 0.717) is 10.2 Å².